The number of carboxylic acid groups (broad SMARTS) is 1. The first-order chi connectivity index (χ1) is 16.8. The average molecular weight is 534 g/mol. The van der Waals surface area contributed by atoms with Gasteiger partial charge in [-0.1, -0.05) is 76.6 Å². The number of aliphatic carboxylic acids is 1. The Morgan fingerprint density at radius 2 is 1.66 bits per heavy atom. The van der Waals surface area contributed by atoms with Gasteiger partial charge in [-0.25, -0.2) is 4.79 Å². The number of nitrogens with zero attached hydrogens (tertiary/aromatic N) is 1. The lowest BCUT2D eigenvalue weighted by Crippen LogP contribution is -2.50. The highest BCUT2D eigenvalue weighted by Gasteiger charge is 2.49. The molecule has 6 heteroatoms. The van der Waals surface area contributed by atoms with Gasteiger partial charge in [-0.2, -0.15) is 0 Å². The molecule has 0 spiro atoms. The van der Waals surface area contributed by atoms with Crippen molar-refractivity contribution in [1.82, 2.24) is 4.90 Å². The Balaban J connectivity index is 1.41. The first-order valence-electron chi connectivity index (χ1n) is 11.9. The van der Waals surface area contributed by atoms with Crippen molar-refractivity contribution in [1.29, 1.82) is 0 Å². The fraction of sp³-hybridized carbons (Fsp3) is 0.310. The third kappa shape index (κ3) is 4.25. The second-order valence-electron chi connectivity index (χ2n) is 9.96. The predicted molar refractivity (Wildman–Crippen MR) is 139 cm³/mol. The van der Waals surface area contributed by atoms with Crippen molar-refractivity contribution in [3.05, 3.63) is 94.0 Å². The highest BCUT2D eigenvalue weighted by Crippen LogP contribution is 2.45. The molecule has 1 heterocycles. The molecule has 35 heavy (non-hydrogen) atoms. The molecule has 0 saturated carbocycles. The van der Waals surface area contributed by atoms with Gasteiger partial charge in [-0.05, 0) is 66.6 Å². The molecule has 0 aromatic heterocycles. The summed E-state index contributed by atoms with van der Waals surface area (Å²) >= 11 is 3.45. The molecule has 1 aliphatic carbocycles. The van der Waals surface area contributed by atoms with Crippen molar-refractivity contribution in [2.45, 2.75) is 50.1 Å². The van der Waals surface area contributed by atoms with Crippen LogP contribution in [0, 0.1) is 0 Å². The molecule has 1 aliphatic heterocycles. The third-order valence-electron chi connectivity index (χ3n) is 7.43. The van der Waals surface area contributed by atoms with Gasteiger partial charge >= 0.3 is 12.1 Å². The van der Waals surface area contributed by atoms with Gasteiger partial charge in [0.1, 0.15) is 12.5 Å². The van der Waals surface area contributed by atoms with Gasteiger partial charge < -0.3 is 9.84 Å². The van der Waals surface area contributed by atoms with Gasteiger partial charge in [-0.15, -0.1) is 0 Å². The van der Waals surface area contributed by atoms with Crippen LogP contribution in [0.2, 0.25) is 0 Å². The highest BCUT2D eigenvalue weighted by atomic mass is 79.9. The molecule has 1 N–H and O–H groups in total. The Hall–Kier alpha value is -3.12. The maximum atomic E-state index is 13.6. The first-order valence-corrected chi connectivity index (χ1v) is 12.7. The number of fused-ring (bicyclic) bond motifs is 3. The second kappa shape index (κ2) is 9.15. The Morgan fingerprint density at radius 1 is 1.03 bits per heavy atom. The zero-order chi connectivity index (χ0) is 24.7. The lowest BCUT2D eigenvalue weighted by Gasteiger charge is -2.37. The van der Waals surface area contributed by atoms with Gasteiger partial charge in [0.05, 0.1) is 6.04 Å². The molecule has 1 fully saturated rings. The van der Waals surface area contributed by atoms with Crippen LogP contribution in [0.15, 0.2) is 77.3 Å². The molecule has 3 aromatic rings. The monoisotopic (exact) mass is 533 g/mol. The van der Waals surface area contributed by atoms with E-state index >= 15 is 0 Å². The summed E-state index contributed by atoms with van der Waals surface area (Å²) in [7, 11) is 0. The fourth-order valence-electron chi connectivity index (χ4n) is 5.79. The van der Waals surface area contributed by atoms with Gasteiger partial charge in [0.15, 0.2) is 0 Å². The van der Waals surface area contributed by atoms with Crippen LogP contribution in [-0.4, -0.2) is 40.3 Å². The van der Waals surface area contributed by atoms with Crippen LogP contribution in [0.25, 0.3) is 11.1 Å². The number of carbonyl (C=O) groups is 2. The predicted octanol–water partition coefficient (Wildman–Crippen LogP) is 6.81. The summed E-state index contributed by atoms with van der Waals surface area (Å²) in [6.45, 7) is 4.17. The van der Waals surface area contributed by atoms with E-state index in [0.717, 1.165) is 15.6 Å². The lowest BCUT2D eigenvalue weighted by atomic mass is 9.90. The minimum absolute atomic E-state index is 0.0455. The largest absolute Gasteiger partial charge is 0.481 e. The molecular weight excluding hydrogens is 506 g/mol. The molecule has 0 unspecified atom stereocenters. The lowest BCUT2D eigenvalue weighted by molar-refractivity contribution is -0.140. The maximum Gasteiger partial charge on any atom is 0.410 e. The van der Waals surface area contributed by atoms with E-state index in [9.17, 15) is 14.7 Å². The van der Waals surface area contributed by atoms with E-state index in [1.165, 1.54) is 11.1 Å². The van der Waals surface area contributed by atoms with Gasteiger partial charge in [0.2, 0.25) is 0 Å². The molecule has 2 atom stereocenters. The molecule has 2 aliphatic rings. The zero-order valence-corrected chi connectivity index (χ0v) is 21.4. The molecule has 1 amide bonds. The number of rotatable bonds is 5. The van der Waals surface area contributed by atoms with E-state index in [0.29, 0.717) is 18.4 Å². The number of ether oxygens (including phenoxy) is 1. The number of hydrogen-bond acceptors (Lipinski definition) is 3. The molecule has 1 saturated heterocycles. The topological polar surface area (TPSA) is 66.8 Å². The van der Waals surface area contributed by atoms with E-state index in [-0.39, 0.29) is 12.5 Å². The van der Waals surface area contributed by atoms with Crippen LogP contribution < -0.4 is 0 Å². The van der Waals surface area contributed by atoms with Crippen LogP contribution in [0.3, 0.4) is 0 Å². The van der Waals surface area contributed by atoms with Crippen LogP contribution in [0.5, 0.6) is 0 Å². The van der Waals surface area contributed by atoms with Crippen molar-refractivity contribution in [3.63, 3.8) is 0 Å². The Labute approximate surface area is 213 Å². The second-order valence-corrected chi connectivity index (χ2v) is 10.9. The molecule has 5 rings (SSSR count). The molecule has 0 radical (unpaired) electrons. The van der Waals surface area contributed by atoms with Crippen molar-refractivity contribution in [3.8, 4) is 11.1 Å². The summed E-state index contributed by atoms with van der Waals surface area (Å²) in [5.41, 5.74) is 4.80. The standard InChI is InChI=1S/C29H28BrNO4/c1-29(2)15-14-25(26(27(32)33)18-8-7-9-19(30)16-18)31(29)28(34)35-17-24-22-12-5-3-10-20(22)21-11-4-6-13-23(21)24/h3-13,16,24-26H,14-15,17H2,1-2H3,(H,32,33)/t25-,26+/m0/s1. The summed E-state index contributed by atoms with van der Waals surface area (Å²) < 4.78 is 6.78. The molecule has 3 aromatic carbocycles. The van der Waals surface area contributed by atoms with E-state index in [1.54, 1.807) is 4.90 Å². The minimum Gasteiger partial charge on any atom is -0.481 e. The number of carboxylic acids is 1. The number of amides is 1. The van der Waals surface area contributed by atoms with Crippen molar-refractivity contribution >= 4 is 28.0 Å². The van der Waals surface area contributed by atoms with E-state index in [2.05, 4.69) is 40.2 Å². The number of halogens is 1. The molecule has 0 bridgehead atoms. The fourth-order valence-corrected chi connectivity index (χ4v) is 6.21. The summed E-state index contributed by atoms with van der Waals surface area (Å²) in [5.74, 6) is -1.83. The van der Waals surface area contributed by atoms with Crippen LogP contribution in [0.4, 0.5) is 4.79 Å². The van der Waals surface area contributed by atoms with Gasteiger partial charge in [-0.3, -0.25) is 9.69 Å². The number of hydrogen-bond donors (Lipinski definition) is 1. The minimum atomic E-state index is -0.942. The SMILES string of the molecule is CC1(C)CC[C@@H]([C@H](C(=O)O)c2cccc(Br)c2)N1C(=O)OCC1c2ccccc2-c2ccccc21. The average Bonchev–Trinajstić information content (AvgIpc) is 3.31. The molecule has 5 nitrogen and oxygen atoms in total. The quantitative estimate of drug-likeness (QED) is 0.391. The van der Waals surface area contributed by atoms with Crippen LogP contribution in [-0.2, 0) is 9.53 Å². The van der Waals surface area contributed by atoms with Gasteiger partial charge in [0, 0.05) is 15.9 Å². The van der Waals surface area contributed by atoms with E-state index < -0.39 is 29.6 Å². The van der Waals surface area contributed by atoms with E-state index in [4.69, 9.17) is 4.74 Å². The van der Waals surface area contributed by atoms with E-state index in [1.807, 2.05) is 62.4 Å². The maximum absolute atomic E-state index is 13.6. The Morgan fingerprint density at radius 3 is 2.26 bits per heavy atom. The summed E-state index contributed by atoms with van der Waals surface area (Å²) in [5, 5.41) is 10.2. The summed E-state index contributed by atoms with van der Waals surface area (Å²) in [6, 6.07) is 23.3. The number of likely N-dealkylation sites (tertiary alicyclic amines) is 1. The Kier molecular flexibility index (Phi) is 6.18. The number of benzene rings is 3. The highest BCUT2D eigenvalue weighted by molar-refractivity contribution is 9.10. The number of carbonyl (C=O) groups excluding carboxylic acids is 1. The third-order valence-corrected chi connectivity index (χ3v) is 7.92. The van der Waals surface area contributed by atoms with Crippen LogP contribution in [0.1, 0.15) is 55.2 Å². The smallest absolute Gasteiger partial charge is 0.410 e. The Bertz CT molecular complexity index is 1240. The van der Waals surface area contributed by atoms with Crippen molar-refractivity contribution < 1.29 is 19.4 Å². The van der Waals surface area contributed by atoms with Gasteiger partial charge in [0.25, 0.3) is 0 Å². The molecule has 180 valence electrons. The van der Waals surface area contributed by atoms with Crippen LogP contribution >= 0.6 is 15.9 Å². The van der Waals surface area contributed by atoms with Crippen molar-refractivity contribution in [2.75, 3.05) is 6.61 Å². The summed E-state index contributed by atoms with van der Waals surface area (Å²) in [6.07, 6.45) is 0.848. The normalized spacial score (nSPS) is 19.2. The zero-order valence-electron chi connectivity index (χ0n) is 19.8. The molecular formula is C29H28BrNO4. The first kappa shape index (κ1) is 23.6. The summed E-state index contributed by atoms with van der Waals surface area (Å²) in [4.78, 5) is 27.7. The van der Waals surface area contributed by atoms with Crippen molar-refractivity contribution in [2.24, 2.45) is 0 Å².